The second-order valence-corrected chi connectivity index (χ2v) is 42.8. The van der Waals surface area contributed by atoms with E-state index in [0.29, 0.717) is 0 Å². The Bertz CT molecular complexity index is 2420. The van der Waals surface area contributed by atoms with Gasteiger partial charge in [0.2, 0.25) is 0 Å². The smallest absolute Gasteiger partial charge is 0.0387 e. The molecule has 0 amide bonds. The van der Waals surface area contributed by atoms with Crippen LogP contribution in [-0.4, -0.2) is 0 Å². The van der Waals surface area contributed by atoms with Crippen LogP contribution in [0.25, 0.3) is 0 Å². The molecule has 9 saturated carbocycles. The van der Waals surface area contributed by atoms with Crippen LogP contribution in [0.2, 0.25) is 0 Å². The summed E-state index contributed by atoms with van der Waals surface area (Å²) in [5, 5.41) is 3.44. The van der Waals surface area contributed by atoms with Gasteiger partial charge in [-0.1, -0.05) is 291 Å². The summed E-state index contributed by atoms with van der Waals surface area (Å²) in [5.74, 6) is 33.7. The Hall–Kier alpha value is -1.76. The van der Waals surface area contributed by atoms with Crippen LogP contribution in [0.4, 0.5) is 11.4 Å². The van der Waals surface area contributed by atoms with Crippen LogP contribution in [0, 0.1) is 229 Å². The summed E-state index contributed by atoms with van der Waals surface area (Å²) in [5.41, 5.74) is 7.59. The average molecular weight is 1510 g/mol. The molecular formula is C108H201N. The molecule has 0 bridgehead atoms. The van der Waals surface area contributed by atoms with E-state index in [1.54, 1.807) is 0 Å². The van der Waals surface area contributed by atoms with Crippen LogP contribution >= 0.6 is 0 Å². The lowest BCUT2D eigenvalue weighted by atomic mass is 9.70. The maximum Gasteiger partial charge on any atom is 0.0387 e. The fourth-order valence-electron chi connectivity index (χ4n) is 24.5. The van der Waals surface area contributed by atoms with Crippen molar-refractivity contribution in [3.8, 4) is 0 Å². The molecule has 11 rings (SSSR count). The van der Waals surface area contributed by atoms with Gasteiger partial charge in [0.05, 0.1) is 0 Å². The highest BCUT2D eigenvalue weighted by molar-refractivity contribution is 5.62. The van der Waals surface area contributed by atoms with E-state index in [4.69, 9.17) is 0 Å². The Morgan fingerprint density at radius 2 is 0.514 bits per heavy atom. The van der Waals surface area contributed by atoms with Crippen molar-refractivity contribution in [1.29, 1.82) is 0 Å². The molecule has 0 saturated heterocycles. The van der Waals surface area contributed by atoms with Crippen molar-refractivity contribution in [2.24, 2.45) is 201 Å². The Kier molecular flexibility index (Phi) is 47.9. The third-order valence-electron chi connectivity index (χ3n) is 35.6. The Morgan fingerprint density at radius 1 is 0.257 bits per heavy atom. The number of rotatable bonds is 15. The lowest BCUT2D eigenvalue weighted by molar-refractivity contribution is 0.152. The Morgan fingerprint density at radius 3 is 0.752 bits per heavy atom. The minimum absolute atomic E-state index is 0.958. The van der Waals surface area contributed by atoms with E-state index in [2.05, 4.69) is 291 Å². The van der Waals surface area contributed by atoms with Crippen LogP contribution in [0.5, 0.6) is 0 Å². The van der Waals surface area contributed by atoms with Gasteiger partial charge in [0, 0.05) is 11.4 Å². The molecule has 0 radical (unpaired) electrons. The zero-order chi connectivity index (χ0) is 82.4. The molecule has 1 heteroatoms. The van der Waals surface area contributed by atoms with Crippen molar-refractivity contribution in [3.05, 3.63) is 58.7 Å². The molecule has 0 aliphatic heterocycles. The molecule has 0 spiro atoms. The first-order valence-corrected chi connectivity index (χ1v) is 49.2. The number of hydrogen-bond acceptors (Lipinski definition) is 1. The minimum atomic E-state index is 0.958. The van der Waals surface area contributed by atoms with Crippen LogP contribution in [0.1, 0.15) is 411 Å². The van der Waals surface area contributed by atoms with Crippen LogP contribution in [0.15, 0.2) is 36.4 Å². The average Bonchev–Trinajstić information content (AvgIpc) is 1.62. The number of fused-ring (bicyclic) bond motifs is 1. The molecule has 2 aromatic rings. The zero-order valence-electron chi connectivity index (χ0n) is 81.0. The maximum absolute atomic E-state index is 3.44. The minimum Gasteiger partial charge on any atom is -0.356 e. The van der Waals surface area contributed by atoms with E-state index in [9.17, 15) is 0 Å². The van der Waals surface area contributed by atoms with Gasteiger partial charge < -0.3 is 5.32 Å². The van der Waals surface area contributed by atoms with Crippen LogP contribution in [0.3, 0.4) is 0 Å². The molecule has 0 heterocycles. The summed E-state index contributed by atoms with van der Waals surface area (Å²) in [4.78, 5) is 0. The summed E-state index contributed by atoms with van der Waals surface area (Å²) >= 11 is 0. The highest BCUT2D eigenvalue weighted by atomic mass is 14.9. The molecule has 638 valence electrons. The molecule has 9 aliphatic rings. The molecule has 0 aromatic heterocycles. The summed E-state index contributed by atoms with van der Waals surface area (Å²) < 4.78 is 0. The predicted molar refractivity (Wildman–Crippen MR) is 495 cm³/mol. The van der Waals surface area contributed by atoms with Gasteiger partial charge in [-0.2, -0.15) is 0 Å². The largest absolute Gasteiger partial charge is 0.356 e. The Balaban J connectivity index is 0.000000320. The fourth-order valence-corrected chi connectivity index (χ4v) is 24.5. The van der Waals surface area contributed by atoms with Crippen LogP contribution < -0.4 is 5.32 Å². The quantitative estimate of drug-likeness (QED) is 0.187. The van der Waals surface area contributed by atoms with Gasteiger partial charge >= 0.3 is 0 Å². The molecule has 9 fully saturated rings. The van der Waals surface area contributed by atoms with E-state index >= 15 is 0 Å². The highest BCUT2D eigenvalue weighted by Crippen LogP contribution is 2.56. The molecule has 1 N–H and O–H groups in total. The normalized spacial score (nSPS) is 38.1. The second-order valence-electron chi connectivity index (χ2n) is 42.8. The molecule has 1 nitrogen and oxygen atoms in total. The molecule has 9 aliphatic carbocycles. The van der Waals surface area contributed by atoms with Gasteiger partial charge in [-0.25, -0.2) is 0 Å². The number of anilines is 2. The molecule has 2 aromatic carbocycles. The SMILES string of the molecule is CC1CC(C)C(C)C1C.CC1CC(C)C(C)C1C.CC1CC(C)C(C)CC1C.CC1CC(C)C2C(C)CC(C)C12.CCC(C)C1CCC(C(C)CC)CC1.CCC(C)C1CCC(C)C(C)C1.CCC(CC)C1CCC(C(CC)CC)CC1.CCC1C(C)CC(C)C1C.Cc1ccc(Nc2ccc(C)c(C)c2)cc1C. The van der Waals surface area contributed by atoms with Crippen molar-refractivity contribution in [3.63, 3.8) is 0 Å². The second kappa shape index (κ2) is 51.4. The summed E-state index contributed by atoms with van der Waals surface area (Å²) in [6.07, 6.45) is 37.9. The van der Waals surface area contributed by atoms with Gasteiger partial charge in [-0.15, -0.1) is 0 Å². The van der Waals surface area contributed by atoms with Crippen molar-refractivity contribution in [2.75, 3.05) is 5.32 Å². The molecule has 109 heavy (non-hydrogen) atoms. The lowest BCUT2D eigenvalue weighted by Crippen LogP contribution is -2.25. The number of aryl methyl sites for hydroxylation is 4. The van der Waals surface area contributed by atoms with Gasteiger partial charge in [0.15, 0.2) is 0 Å². The van der Waals surface area contributed by atoms with Crippen molar-refractivity contribution >= 4 is 11.4 Å². The topological polar surface area (TPSA) is 12.0 Å². The number of benzene rings is 2. The van der Waals surface area contributed by atoms with Gasteiger partial charge in [0.1, 0.15) is 0 Å². The number of hydrogen-bond donors (Lipinski definition) is 1. The summed E-state index contributed by atoms with van der Waals surface area (Å²) in [6.45, 7) is 85.3. The summed E-state index contributed by atoms with van der Waals surface area (Å²) in [6, 6.07) is 12.9. The van der Waals surface area contributed by atoms with Crippen LogP contribution in [-0.2, 0) is 0 Å². The number of nitrogens with one attached hydrogen (secondary N) is 1. The third-order valence-corrected chi connectivity index (χ3v) is 35.6. The maximum atomic E-state index is 3.44. The van der Waals surface area contributed by atoms with E-state index in [1.807, 2.05) is 0 Å². The predicted octanol–water partition coefficient (Wildman–Crippen LogP) is 35.4. The highest BCUT2D eigenvalue weighted by Gasteiger charge is 2.49. The first-order chi connectivity index (χ1) is 51.3. The third kappa shape index (κ3) is 32.2. The van der Waals surface area contributed by atoms with Crippen molar-refractivity contribution in [1.82, 2.24) is 0 Å². The first-order valence-electron chi connectivity index (χ1n) is 49.2. The summed E-state index contributed by atoms with van der Waals surface area (Å²) in [7, 11) is 0. The fraction of sp³-hybridized carbons (Fsp3) is 0.889. The van der Waals surface area contributed by atoms with E-state index < -0.39 is 0 Å². The molecular weight excluding hydrogens is 1310 g/mol. The van der Waals surface area contributed by atoms with Gasteiger partial charge in [-0.3, -0.25) is 0 Å². The molecule has 26 atom stereocenters. The van der Waals surface area contributed by atoms with E-state index in [-0.39, 0.29) is 0 Å². The standard InChI is InChI=1S/C16H19N.C16H32.C14H28.C12H22.C12H24.2C10H20.2C9H18/c1-11-5-7-15(9-13(11)3)17-16-8-6-12(2)14(4)10-16;1-5-13(6-2)15-9-11-16(12-10-15)14(7-3)8-4;1-5-11(3)13-7-9-14(10-8-13)12(4)6-2;1-7-5-8(2)12-10(4)6-9(3)11(7)12;1-5-9(2)12-7-6-10(3)11(4)8-12;1-7-5-9(3)10(4)6-8(7)2;1-5-10-8(3)6-7(2)9(10)4;2*1-6-5-7(2)9(4)8(6)3/h5-10,17H,1-4H3;13-16H,5-12H2,1-4H3;11-14H,5-10H2,1-4H3;7-12H,5-6H2,1-4H3;9-12H,5-8H2,1-4H3;2*7-10H,5-6H2,1-4H3;2*6-9H,5H2,1-4H3. The molecule has 26 unspecified atom stereocenters. The first kappa shape index (κ1) is 101. The van der Waals surface area contributed by atoms with Gasteiger partial charge in [-0.05, 0) is 385 Å². The monoisotopic (exact) mass is 1510 g/mol. The van der Waals surface area contributed by atoms with Crippen molar-refractivity contribution in [2.45, 2.75) is 416 Å². The Labute approximate surface area is 688 Å². The van der Waals surface area contributed by atoms with Gasteiger partial charge in [0.25, 0.3) is 0 Å². The van der Waals surface area contributed by atoms with Crippen molar-refractivity contribution < 1.29 is 0 Å². The lowest BCUT2D eigenvalue weighted by Gasteiger charge is -2.36. The zero-order valence-corrected chi connectivity index (χ0v) is 81.0. The van der Waals surface area contributed by atoms with E-state index in [1.165, 1.54) is 189 Å². The van der Waals surface area contributed by atoms with E-state index in [0.717, 1.165) is 213 Å².